The number of carboxylic acid groups (broad SMARTS) is 1. The van der Waals surface area contributed by atoms with E-state index in [2.05, 4.69) is 29.2 Å². The minimum atomic E-state index is -0.823. The molecule has 1 aliphatic carbocycles. The molecule has 18 heavy (non-hydrogen) atoms. The van der Waals surface area contributed by atoms with Gasteiger partial charge in [-0.3, -0.25) is 4.79 Å². The van der Waals surface area contributed by atoms with E-state index in [4.69, 9.17) is 5.53 Å². The second-order valence-corrected chi connectivity index (χ2v) is 5.35. The average molecular weight is 254 g/mol. The molecule has 0 aromatic rings. The van der Waals surface area contributed by atoms with Crippen molar-refractivity contribution in [2.75, 3.05) is 13.1 Å². The number of azide groups is 1. The molecule has 0 radical (unpaired) electrons. The molecular formula is C12H22N4O2. The molecule has 0 bridgehead atoms. The molecule has 2 N–H and O–H groups in total. The normalized spacial score (nSPS) is 27.8. The molecular weight excluding hydrogens is 232 g/mol. The van der Waals surface area contributed by atoms with Gasteiger partial charge in [-0.2, -0.15) is 0 Å². The van der Waals surface area contributed by atoms with E-state index in [1.807, 2.05) is 0 Å². The van der Waals surface area contributed by atoms with E-state index in [0.717, 1.165) is 12.8 Å². The Morgan fingerprint density at radius 1 is 1.56 bits per heavy atom. The minimum absolute atomic E-state index is 0.291. The molecule has 0 heterocycles. The summed E-state index contributed by atoms with van der Waals surface area (Å²) < 4.78 is 0. The third kappa shape index (κ3) is 3.62. The van der Waals surface area contributed by atoms with Gasteiger partial charge in [0.25, 0.3) is 0 Å². The Balaban J connectivity index is 2.56. The van der Waals surface area contributed by atoms with Crippen molar-refractivity contribution in [3.63, 3.8) is 0 Å². The molecule has 0 unspecified atom stereocenters. The Bertz CT molecular complexity index is 329. The standard InChI is InChI=1S/C12H22N4O2/c1-9(2)10-3-5-12(6-4-10,11(17)18)14-7-8-15-16-13/h9-10,14H,3-8H2,1-2H3,(H,17,18). The second kappa shape index (κ2) is 6.61. The highest BCUT2D eigenvalue weighted by molar-refractivity contribution is 5.78. The van der Waals surface area contributed by atoms with Crippen LogP contribution in [0.1, 0.15) is 39.5 Å². The van der Waals surface area contributed by atoms with Crippen LogP contribution in [-0.4, -0.2) is 29.7 Å². The van der Waals surface area contributed by atoms with Gasteiger partial charge < -0.3 is 10.4 Å². The Morgan fingerprint density at radius 2 is 2.17 bits per heavy atom. The Kier molecular flexibility index (Phi) is 5.44. The van der Waals surface area contributed by atoms with Gasteiger partial charge in [0, 0.05) is 18.0 Å². The van der Waals surface area contributed by atoms with Crippen LogP contribution >= 0.6 is 0 Å². The van der Waals surface area contributed by atoms with E-state index < -0.39 is 11.5 Å². The van der Waals surface area contributed by atoms with Crippen molar-refractivity contribution >= 4 is 5.97 Å². The van der Waals surface area contributed by atoms with Crippen LogP contribution in [0.5, 0.6) is 0 Å². The molecule has 0 atom stereocenters. The molecule has 1 fully saturated rings. The van der Waals surface area contributed by atoms with Crippen LogP contribution in [0.2, 0.25) is 0 Å². The van der Waals surface area contributed by atoms with Crippen molar-refractivity contribution in [1.82, 2.24) is 5.32 Å². The highest BCUT2D eigenvalue weighted by Gasteiger charge is 2.41. The number of carboxylic acids is 1. The number of hydrogen-bond donors (Lipinski definition) is 2. The molecule has 0 aromatic carbocycles. The van der Waals surface area contributed by atoms with Crippen LogP contribution in [-0.2, 0) is 4.79 Å². The minimum Gasteiger partial charge on any atom is -0.480 e. The van der Waals surface area contributed by atoms with Crippen molar-refractivity contribution in [1.29, 1.82) is 0 Å². The molecule has 0 aliphatic heterocycles. The maximum atomic E-state index is 11.5. The molecule has 1 rings (SSSR count). The summed E-state index contributed by atoms with van der Waals surface area (Å²) in [4.78, 5) is 14.1. The molecule has 0 aromatic heterocycles. The van der Waals surface area contributed by atoms with Gasteiger partial charge in [0.05, 0.1) is 0 Å². The lowest BCUT2D eigenvalue weighted by Crippen LogP contribution is -2.55. The van der Waals surface area contributed by atoms with E-state index in [1.165, 1.54) is 0 Å². The number of hydrogen-bond acceptors (Lipinski definition) is 3. The summed E-state index contributed by atoms with van der Waals surface area (Å²) >= 11 is 0. The van der Waals surface area contributed by atoms with Crippen molar-refractivity contribution < 1.29 is 9.90 Å². The summed E-state index contributed by atoms with van der Waals surface area (Å²) in [5.41, 5.74) is 7.36. The van der Waals surface area contributed by atoms with Crippen molar-refractivity contribution in [2.45, 2.75) is 45.1 Å². The molecule has 6 heteroatoms. The van der Waals surface area contributed by atoms with Crippen molar-refractivity contribution in [3.05, 3.63) is 10.4 Å². The van der Waals surface area contributed by atoms with Gasteiger partial charge in [0.1, 0.15) is 5.54 Å². The predicted octanol–water partition coefficient (Wildman–Crippen LogP) is 2.56. The lowest BCUT2D eigenvalue weighted by molar-refractivity contribution is -0.147. The first-order valence-electron chi connectivity index (χ1n) is 6.51. The summed E-state index contributed by atoms with van der Waals surface area (Å²) in [6.45, 7) is 5.09. The number of nitrogens with zero attached hydrogens (tertiary/aromatic N) is 3. The first kappa shape index (κ1) is 14.8. The van der Waals surface area contributed by atoms with Crippen LogP contribution < -0.4 is 5.32 Å². The molecule has 102 valence electrons. The first-order chi connectivity index (χ1) is 8.52. The largest absolute Gasteiger partial charge is 0.480 e. The zero-order chi connectivity index (χ0) is 13.6. The quantitative estimate of drug-likeness (QED) is 0.330. The molecule has 0 spiro atoms. The fourth-order valence-electron chi connectivity index (χ4n) is 2.66. The predicted molar refractivity (Wildman–Crippen MR) is 69.2 cm³/mol. The zero-order valence-electron chi connectivity index (χ0n) is 11.1. The lowest BCUT2D eigenvalue weighted by atomic mass is 9.73. The topological polar surface area (TPSA) is 98.1 Å². The third-order valence-electron chi connectivity index (χ3n) is 3.97. The van der Waals surface area contributed by atoms with Gasteiger partial charge in [0.15, 0.2) is 0 Å². The summed E-state index contributed by atoms with van der Waals surface area (Å²) in [7, 11) is 0. The van der Waals surface area contributed by atoms with Gasteiger partial charge in [-0.05, 0) is 43.1 Å². The molecule has 1 aliphatic rings. The third-order valence-corrected chi connectivity index (χ3v) is 3.97. The Morgan fingerprint density at radius 3 is 2.61 bits per heavy atom. The van der Waals surface area contributed by atoms with Crippen LogP contribution in [0.3, 0.4) is 0 Å². The van der Waals surface area contributed by atoms with Crippen LogP contribution in [0.25, 0.3) is 10.4 Å². The number of rotatable bonds is 6. The summed E-state index contributed by atoms with van der Waals surface area (Å²) in [5, 5.41) is 15.9. The maximum Gasteiger partial charge on any atom is 0.323 e. The van der Waals surface area contributed by atoms with E-state index in [-0.39, 0.29) is 0 Å². The maximum absolute atomic E-state index is 11.5. The van der Waals surface area contributed by atoms with Crippen molar-refractivity contribution in [2.24, 2.45) is 17.0 Å². The number of aliphatic carboxylic acids is 1. The molecule has 0 saturated heterocycles. The van der Waals surface area contributed by atoms with Gasteiger partial charge >= 0.3 is 5.97 Å². The smallest absolute Gasteiger partial charge is 0.323 e. The molecule has 1 saturated carbocycles. The fourth-order valence-corrected chi connectivity index (χ4v) is 2.66. The van der Waals surface area contributed by atoms with Crippen molar-refractivity contribution in [3.8, 4) is 0 Å². The van der Waals surface area contributed by atoms with Crippen LogP contribution in [0.4, 0.5) is 0 Å². The van der Waals surface area contributed by atoms with Gasteiger partial charge in [-0.1, -0.05) is 19.0 Å². The Hall–Kier alpha value is -1.26. The number of nitrogens with one attached hydrogen (secondary N) is 1. The van der Waals surface area contributed by atoms with Crippen LogP contribution in [0.15, 0.2) is 5.11 Å². The molecule has 0 amide bonds. The summed E-state index contributed by atoms with van der Waals surface area (Å²) in [5.74, 6) is 0.446. The van der Waals surface area contributed by atoms with E-state index in [1.54, 1.807) is 0 Å². The fraction of sp³-hybridized carbons (Fsp3) is 0.917. The van der Waals surface area contributed by atoms with E-state index in [0.29, 0.717) is 37.8 Å². The van der Waals surface area contributed by atoms with E-state index in [9.17, 15) is 9.90 Å². The highest BCUT2D eigenvalue weighted by atomic mass is 16.4. The summed E-state index contributed by atoms with van der Waals surface area (Å²) in [6.07, 6.45) is 3.19. The van der Waals surface area contributed by atoms with E-state index >= 15 is 0 Å². The number of carbonyl (C=O) groups is 1. The van der Waals surface area contributed by atoms with Gasteiger partial charge in [-0.25, -0.2) is 0 Å². The second-order valence-electron chi connectivity index (χ2n) is 5.35. The van der Waals surface area contributed by atoms with Gasteiger partial charge in [0.2, 0.25) is 0 Å². The van der Waals surface area contributed by atoms with Gasteiger partial charge in [-0.15, -0.1) is 0 Å². The lowest BCUT2D eigenvalue weighted by Gasteiger charge is -2.38. The Labute approximate surface area is 107 Å². The first-order valence-corrected chi connectivity index (χ1v) is 6.51. The SMILES string of the molecule is CC(C)C1CCC(NCCN=[N+]=[N-])(C(=O)O)CC1. The monoisotopic (exact) mass is 254 g/mol. The van der Waals surface area contributed by atoms with Crippen LogP contribution in [0, 0.1) is 11.8 Å². The summed E-state index contributed by atoms with van der Waals surface area (Å²) in [6, 6.07) is 0. The average Bonchev–Trinajstić information content (AvgIpc) is 2.35. The molecule has 6 nitrogen and oxygen atoms in total. The highest BCUT2D eigenvalue weighted by Crippen LogP contribution is 2.35. The zero-order valence-corrected chi connectivity index (χ0v) is 11.1.